The van der Waals surface area contributed by atoms with Crippen LogP contribution in [0.3, 0.4) is 0 Å². The highest BCUT2D eigenvalue weighted by Gasteiger charge is 2.47. The average Bonchev–Trinajstić information content (AvgIpc) is 3.41. The Morgan fingerprint density at radius 1 is 1.30 bits per heavy atom. The van der Waals surface area contributed by atoms with Gasteiger partial charge in [0, 0.05) is 13.5 Å². The van der Waals surface area contributed by atoms with Crippen molar-refractivity contribution in [3.63, 3.8) is 0 Å². The third kappa shape index (κ3) is 4.53. The van der Waals surface area contributed by atoms with Crippen molar-refractivity contribution in [2.24, 2.45) is 0 Å². The predicted octanol–water partition coefficient (Wildman–Crippen LogP) is 3.28. The molecular weight excluding hydrogens is 483 g/mol. The Morgan fingerprint density at radius 3 is 2.55 bits per heavy atom. The molecule has 2 aromatic rings. The number of halogens is 3. The minimum Gasteiger partial charge on any atom is -0.322 e. The summed E-state index contributed by atoms with van der Waals surface area (Å²) in [6.45, 7) is 3.50. The predicted molar refractivity (Wildman–Crippen MR) is 115 cm³/mol. The van der Waals surface area contributed by atoms with E-state index in [9.17, 15) is 31.2 Å². The van der Waals surface area contributed by atoms with Gasteiger partial charge in [0.25, 0.3) is 5.91 Å². The summed E-state index contributed by atoms with van der Waals surface area (Å²) in [5.74, 6) is -1.58. The van der Waals surface area contributed by atoms with Crippen molar-refractivity contribution in [2.45, 2.75) is 57.6 Å². The summed E-state index contributed by atoms with van der Waals surface area (Å²) >= 11 is 1.08. The summed E-state index contributed by atoms with van der Waals surface area (Å²) in [6, 6.07) is -0.603. The van der Waals surface area contributed by atoms with E-state index in [0.29, 0.717) is 33.4 Å². The summed E-state index contributed by atoms with van der Waals surface area (Å²) < 4.78 is 67.4. The maximum absolute atomic E-state index is 13.3. The number of rotatable bonds is 6. The van der Waals surface area contributed by atoms with Gasteiger partial charge >= 0.3 is 6.18 Å². The van der Waals surface area contributed by atoms with Crippen molar-refractivity contribution in [3.05, 3.63) is 22.9 Å². The van der Waals surface area contributed by atoms with Gasteiger partial charge in [-0.15, -0.1) is 0 Å². The molecule has 0 unspecified atom stereocenters. The molecule has 2 aromatic heterocycles. The summed E-state index contributed by atoms with van der Waals surface area (Å²) in [5, 5.41) is 2.22. The van der Waals surface area contributed by atoms with Crippen molar-refractivity contribution in [1.82, 2.24) is 14.9 Å². The minimum absolute atomic E-state index is 0.191. The van der Waals surface area contributed by atoms with Gasteiger partial charge in [-0.2, -0.15) is 13.2 Å². The fourth-order valence-electron chi connectivity index (χ4n) is 3.47. The van der Waals surface area contributed by atoms with Crippen LogP contribution in [-0.4, -0.2) is 52.6 Å². The number of fused-ring (bicyclic) bond motifs is 1. The molecule has 9 nitrogen and oxygen atoms in total. The molecule has 1 atom stereocenters. The van der Waals surface area contributed by atoms with Crippen LogP contribution in [0.5, 0.6) is 0 Å². The number of aromatic nitrogens is 2. The quantitative estimate of drug-likeness (QED) is 0.624. The number of hydrogen-bond acceptors (Lipinski definition) is 7. The van der Waals surface area contributed by atoms with Crippen LogP contribution >= 0.6 is 11.3 Å². The van der Waals surface area contributed by atoms with Gasteiger partial charge in [0.1, 0.15) is 6.04 Å². The van der Waals surface area contributed by atoms with Gasteiger partial charge in [-0.05, 0) is 38.3 Å². The molecule has 178 valence electrons. The normalized spacial score (nSPS) is 17.2. The molecule has 2 amide bonds. The van der Waals surface area contributed by atoms with Crippen molar-refractivity contribution < 1.29 is 31.2 Å². The van der Waals surface area contributed by atoms with Crippen LogP contribution < -0.4 is 10.0 Å². The highest BCUT2D eigenvalue weighted by molar-refractivity contribution is 7.93. The van der Waals surface area contributed by atoms with Crippen molar-refractivity contribution in [1.29, 1.82) is 0 Å². The number of pyridine rings is 1. The summed E-state index contributed by atoms with van der Waals surface area (Å²) in [5.41, 5.74) is 0.756. The molecule has 14 heteroatoms. The lowest BCUT2D eigenvalue weighted by Crippen LogP contribution is -2.43. The fourth-order valence-corrected chi connectivity index (χ4v) is 5.79. The molecule has 3 heterocycles. The van der Waals surface area contributed by atoms with Gasteiger partial charge in [0.2, 0.25) is 15.9 Å². The van der Waals surface area contributed by atoms with E-state index >= 15 is 0 Å². The van der Waals surface area contributed by atoms with Gasteiger partial charge in [-0.25, -0.2) is 18.4 Å². The molecule has 33 heavy (non-hydrogen) atoms. The van der Waals surface area contributed by atoms with Crippen molar-refractivity contribution in [3.8, 4) is 10.6 Å². The highest BCUT2D eigenvalue weighted by Crippen LogP contribution is 2.40. The number of alkyl halides is 3. The summed E-state index contributed by atoms with van der Waals surface area (Å²) in [7, 11) is -3.85. The molecule has 2 N–H and O–H groups in total. The number of amides is 2. The number of anilines is 2. The number of aryl methyl sites for hydroxylation is 1. The van der Waals surface area contributed by atoms with Crippen LogP contribution in [0.1, 0.15) is 48.3 Å². The second-order valence-electron chi connectivity index (χ2n) is 8.00. The molecule has 1 aliphatic carbocycles. The van der Waals surface area contributed by atoms with Crippen molar-refractivity contribution >= 4 is 44.1 Å². The first-order chi connectivity index (χ1) is 15.3. The Bertz CT molecular complexity index is 1250. The molecule has 1 saturated carbocycles. The molecule has 0 saturated heterocycles. The van der Waals surface area contributed by atoms with Crippen molar-refractivity contribution in [2.75, 3.05) is 10.0 Å². The fraction of sp³-hybridized carbons (Fsp3) is 0.474. The Labute approximate surface area is 191 Å². The topological polar surface area (TPSA) is 121 Å². The molecule has 4 rings (SSSR count). The second kappa shape index (κ2) is 7.94. The largest absolute Gasteiger partial charge is 0.408 e. The van der Waals surface area contributed by atoms with Crippen LogP contribution in [0.15, 0.2) is 6.07 Å². The SMILES string of the molecule is CC(=O)Nc1nc(C)c(-c2cc3c(c(NS(=O)(=O)C4CC4)n2)C(=O)N([C@@H](C)C(F)(F)F)C3)s1. The first kappa shape index (κ1) is 23.4. The molecule has 1 fully saturated rings. The number of nitrogens with zero attached hydrogens (tertiary/aromatic N) is 3. The average molecular weight is 504 g/mol. The first-order valence-corrected chi connectivity index (χ1v) is 12.3. The monoisotopic (exact) mass is 503 g/mol. The molecular formula is C19H20F3N5O4S2. The Hall–Kier alpha value is -2.74. The first-order valence-electron chi connectivity index (χ1n) is 9.96. The minimum atomic E-state index is -4.65. The zero-order valence-corrected chi connectivity index (χ0v) is 19.4. The smallest absolute Gasteiger partial charge is 0.322 e. The second-order valence-corrected chi connectivity index (χ2v) is 11.0. The number of thiazole rings is 1. The summed E-state index contributed by atoms with van der Waals surface area (Å²) in [4.78, 5) is 33.9. The Balaban J connectivity index is 1.81. The Kier molecular flexibility index (Phi) is 5.63. The maximum atomic E-state index is 13.3. The van der Waals surface area contributed by atoms with Gasteiger partial charge < -0.3 is 10.2 Å². The third-order valence-electron chi connectivity index (χ3n) is 5.37. The Morgan fingerprint density at radius 2 is 1.97 bits per heavy atom. The van der Waals surface area contributed by atoms with Gasteiger partial charge in [0.05, 0.1) is 27.1 Å². The van der Waals surface area contributed by atoms with E-state index in [-0.39, 0.29) is 35.1 Å². The lowest BCUT2D eigenvalue weighted by Gasteiger charge is -2.26. The molecule has 0 radical (unpaired) electrons. The van der Waals surface area contributed by atoms with Crippen LogP contribution in [0.2, 0.25) is 0 Å². The van der Waals surface area contributed by atoms with E-state index in [0.717, 1.165) is 18.3 Å². The van der Waals surface area contributed by atoms with Crippen LogP contribution in [-0.2, 0) is 21.4 Å². The van der Waals surface area contributed by atoms with E-state index in [1.54, 1.807) is 6.92 Å². The number of carbonyl (C=O) groups excluding carboxylic acids is 2. The number of carbonyl (C=O) groups is 2. The van der Waals surface area contributed by atoms with E-state index in [2.05, 4.69) is 20.0 Å². The lowest BCUT2D eigenvalue weighted by molar-refractivity contribution is -0.172. The molecule has 0 aromatic carbocycles. The van der Waals surface area contributed by atoms with E-state index in [4.69, 9.17) is 0 Å². The van der Waals surface area contributed by atoms with Gasteiger partial charge in [-0.3, -0.25) is 14.3 Å². The van der Waals surface area contributed by atoms with E-state index in [1.807, 2.05) is 0 Å². The lowest BCUT2D eigenvalue weighted by atomic mass is 10.1. The molecule has 1 aliphatic heterocycles. The molecule has 0 spiro atoms. The molecule has 0 bridgehead atoms. The molecule has 2 aliphatic rings. The number of nitrogens with one attached hydrogen (secondary N) is 2. The standard InChI is InChI=1S/C19H20F3N5O4S2/c1-8-15(32-18(23-8)24-10(3)28)13-6-11-7-27(9(2)19(20,21)22)17(29)14(11)16(25-13)26-33(30,31)12-4-5-12/h6,9,12H,4-5,7H2,1-3H3,(H,25,26)(H,23,24,28)/t9-/m0/s1. The zero-order valence-electron chi connectivity index (χ0n) is 17.8. The number of hydrogen-bond donors (Lipinski definition) is 2. The van der Waals surface area contributed by atoms with Crippen LogP contribution in [0.4, 0.5) is 24.1 Å². The van der Waals surface area contributed by atoms with Gasteiger partial charge in [-0.1, -0.05) is 11.3 Å². The van der Waals surface area contributed by atoms with Gasteiger partial charge in [0.15, 0.2) is 10.9 Å². The van der Waals surface area contributed by atoms with E-state index in [1.165, 1.54) is 13.0 Å². The van der Waals surface area contributed by atoms with Crippen LogP contribution in [0.25, 0.3) is 10.6 Å². The number of sulfonamides is 1. The maximum Gasteiger partial charge on any atom is 0.408 e. The third-order valence-corrected chi connectivity index (χ3v) is 8.29. The summed E-state index contributed by atoms with van der Waals surface area (Å²) in [6.07, 6.45) is -3.74. The van der Waals surface area contributed by atoms with E-state index < -0.39 is 33.4 Å². The highest BCUT2D eigenvalue weighted by atomic mass is 32.2. The zero-order chi connectivity index (χ0) is 24.3. The van der Waals surface area contributed by atoms with Crippen LogP contribution in [0, 0.1) is 6.92 Å².